The van der Waals surface area contributed by atoms with Crippen LogP contribution in [-0.2, 0) is 6.54 Å². The third-order valence-corrected chi connectivity index (χ3v) is 5.72. The number of halogens is 1. The molecule has 0 bridgehead atoms. The number of hydrogen-bond acceptors (Lipinski definition) is 4. The third-order valence-electron chi connectivity index (χ3n) is 5.72. The van der Waals surface area contributed by atoms with E-state index < -0.39 is 0 Å². The quantitative estimate of drug-likeness (QED) is 0.695. The van der Waals surface area contributed by atoms with Gasteiger partial charge in [0.15, 0.2) is 5.65 Å². The highest BCUT2D eigenvalue weighted by Crippen LogP contribution is 2.25. The van der Waals surface area contributed by atoms with Crippen molar-refractivity contribution in [2.45, 2.75) is 27.3 Å². The summed E-state index contributed by atoms with van der Waals surface area (Å²) < 4.78 is 15.3. The predicted molar refractivity (Wildman–Crippen MR) is 110 cm³/mol. The fraction of sp³-hybridized carbons (Fsp3) is 0.364. The number of aryl methyl sites for hydroxylation is 3. The van der Waals surface area contributed by atoms with Crippen LogP contribution >= 0.6 is 0 Å². The molecule has 6 nitrogen and oxygen atoms in total. The number of aromatic nitrogens is 2. The molecule has 1 aliphatic heterocycles. The van der Waals surface area contributed by atoms with E-state index in [0.717, 1.165) is 33.8 Å². The molecule has 2 aromatic heterocycles. The Morgan fingerprint density at radius 1 is 1.28 bits per heavy atom. The second-order valence-electron chi connectivity index (χ2n) is 7.80. The van der Waals surface area contributed by atoms with E-state index in [-0.39, 0.29) is 24.2 Å². The van der Waals surface area contributed by atoms with Crippen molar-refractivity contribution in [3.05, 3.63) is 64.4 Å². The molecular formula is C22H25FN4O2. The number of aliphatic hydroxyl groups is 1. The number of anilines is 1. The number of imidazole rings is 1. The summed E-state index contributed by atoms with van der Waals surface area (Å²) in [5.74, 6) is -0.140. The van der Waals surface area contributed by atoms with Crippen LogP contribution in [0.1, 0.15) is 32.9 Å². The first-order chi connectivity index (χ1) is 13.9. The number of nitrogens with one attached hydrogen (secondary N) is 1. The van der Waals surface area contributed by atoms with E-state index in [1.807, 2.05) is 37.4 Å². The lowest BCUT2D eigenvalue weighted by atomic mass is 10.0. The fourth-order valence-corrected chi connectivity index (χ4v) is 3.70. The van der Waals surface area contributed by atoms with Gasteiger partial charge >= 0.3 is 0 Å². The Hall–Kier alpha value is -2.93. The zero-order valence-electron chi connectivity index (χ0n) is 16.9. The van der Waals surface area contributed by atoms with E-state index in [0.29, 0.717) is 25.2 Å². The largest absolute Gasteiger partial charge is 0.396 e. The van der Waals surface area contributed by atoms with E-state index >= 15 is 0 Å². The highest BCUT2D eigenvalue weighted by Gasteiger charge is 2.31. The van der Waals surface area contributed by atoms with E-state index in [1.54, 1.807) is 11.0 Å². The first-order valence-electron chi connectivity index (χ1n) is 9.75. The van der Waals surface area contributed by atoms with Crippen molar-refractivity contribution in [3.63, 3.8) is 0 Å². The summed E-state index contributed by atoms with van der Waals surface area (Å²) in [6.45, 7) is 7.55. The maximum atomic E-state index is 13.4. The van der Waals surface area contributed by atoms with Crippen molar-refractivity contribution in [3.8, 4) is 0 Å². The lowest BCUT2D eigenvalue weighted by Gasteiger charge is -2.38. The van der Waals surface area contributed by atoms with Crippen LogP contribution in [0.4, 0.5) is 10.1 Å². The summed E-state index contributed by atoms with van der Waals surface area (Å²) in [7, 11) is 0. The van der Waals surface area contributed by atoms with Gasteiger partial charge in [-0.05, 0) is 50.1 Å². The highest BCUT2D eigenvalue weighted by molar-refractivity contribution is 5.96. The zero-order chi connectivity index (χ0) is 20.7. The minimum atomic E-state index is -0.253. The Balaban J connectivity index is 1.66. The molecule has 7 heteroatoms. The molecule has 0 radical (unpaired) electrons. The molecule has 29 heavy (non-hydrogen) atoms. The Morgan fingerprint density at radius 2 is 2.03 bits per heavy atom. The molecule has 4 rings (SSSR count). The summed E-state index contributed by atoms with van der Waals surface area (Å²) in [6.07, 6.45) is 1.83. The molecule has 1 aliphatic rings. The molecule has 1 amide bonds. The molecule has 2 N–H and O–H groups in total. The number of carbonyl (C=O) groups excluding carboxylic acids is 1. The number of hydrogen-bond donors (Lipinski definition) is 2. The Kier molecular flexibility index (Phi) is 5.00. The van der Waals surface area contributed by atoms with Crippen LogP contribution < -0.4 is 5.32 Å². The van der Waals surface area contributed by atoms with Crippen molar-refractivity contribution in [2.24, 2.45) is 5.92 Å². The van der Waals surface area contributed by atoms with Crippen LogP contribution in [0.25, 0.3) is 5.65 Å². The maximum Gasteiger partial charge on any atom is 0.255 e. The number of carbonyl (C=O) groups is 1. The van der Waals surface area contributed by atoms with Crippen LogP contribution in [0, 0.1) is 32.5 Å². The molecule has 3 heterocycles. The van der Waals surface area contributed by atoms with Crippen molar-refractivity contribution in [1.82, 2.24) is 14.3 Å². The standard InChI is InChI=1S/C22H25FN4O2/c1-13-6-19(23)5-4-17(13)8-24-20-7-18(22(29)26-9-16(10-26)12-28)11-27-15(3)14(2)25-21(20)27/h4-7,11,16,24,28H,8-10,12H2,1-3H3. The SMILES string of the molecule is Cc1cc(F)ccc1CNc1cc(C(=O)N2CC(CO)C2)cn2c(C)c(C)nc12. The normalized spacial score (nSPS) is 14.3. The minimum absolute atomic E-state index is 0.0524. The lowest BCUT2D eigenvalue weighted by Crippen LogP contribution is -2.51. The molecule has 3 aromatic rings. The number of amides is 1. The number of fused-ring (bicyclic) bond motifs is 1. The summed E-state index contributed by atoms with van der Waals surface area (Å²) >= 11 is 0. The number of pyridine rings is 1. The van der Waals surface area contributed by atoms with Crippen molar-refractivity contribution < 1.29 is 14.3 Å². The van der Waals surface area contributed by atoms with Crippen molar-refractivity contribution >= 4 is 17.2 Å². The van der Waals surface area contributed by atoms with Crippen LogP contribution in [0.2, 0.25) is 0 Å². The molecule has 1 fully saturated rings. The molecule has 1 aromatic carbocycles. The van der Waals surface area contributed by atoms with E-state index in [4.69, 9.17) is 0 Å². The van der Waals surface area contributed by atoms with Crippen LogP contribution in [0.5, 0.6) is 0 Å². The Labute approximate surface area is 169 Å². The van der Waals surface area contributed by atoms with Gasteiger partial charge < -0.3 is 19.7 Å². The molecule has 0 unspecified atom stereocenters. The summed E-state index contributed by atoms with van der Waals surface area (Å²) in [6, 6.07) is 6.55. The average Bonchev–Trinajstić information content (AvgIpc) is 2.94. The lowest BCUT2D eigenvalue weighted by molar-refractivity contribution is 0.0361. The van der Waals surface area contributed by atoms with Crippen LogP contribution in [-0.4, -0.2) is 45.0 Å². The third kappa shape index (κ3) is 3.58. The summed E-state index contributed by atoms with van der Waals surface area (Å²) in [5, 5.41) is 12.6. The second-order valence-corrected chi connectivity index (χ2v) is 7.80. The van der Waals surface area contributed by atoms with Gasteiger partial charge in [0.25, 0.3) is 5.91 Å². The first kappa shape index (κ1) is 19.4. The average molecular weight is 396 g/mol. The number of likely N-dealkylation sites (tertiary alicyclic amines) is 1. The fourth-order valence-electron chi connectivity index (χ4n) is 3.70. The second kappa shape index (κ2) is 7.48. The van der Waals surface area contributed by atoms with Crippen molar-refractivity contribution in [1.29, 1.82) is 0 Å². The van der Waals surface area contributed by atoms with E-state index in [2.05, 4.69) is 10.3 Å². The first-order valence-corrected chi connectivity index (χ1v) is 9.75. The van der Waals surface area contributed by atoms with Gasteiger partial charge in [0.05, 0.1) is 16.9 Å². The molecular weight excluding hydrogens is 371 g/mol. The molecule has 0 spiro atoms. The smallest absolute Gasteiger partial charge is 0.255 e. The van der Waals surface area contributed by atoms with Gasteiger partial charge in [-0.25, -0.2) is 9.37 Å². The molecule has 152 valence electrons. The molecule has 0 aliphatic carbocycles. The van der Waals surface area contributed by atoms with Gasteiger partial charge in [0.1, 0.15) is 5.82 Å². The Bertz CT molecular complexity index is 1090. The number of aliphatic hydroxyl groups excluding tert-OH is 1. The number of benzene rings is 1. The highest BCUT2D eigenvalue weighted by atomic mass is 19.1. The van der Waals surface area contributed by atoms with E-state index in [9.17, 15) is 14.3 Å². The number of rotatable bonds is 5. The molecule has 1 saturated heterocycles. The van der Waals surface area contributed by atoms with Gasteiger partial charge in [-0.3, -0.25) is 4.79 Å². The van der Waals surface area contributed by atoms with Crippen LogP contribution in [0.3, 0.4) is 0 Å². The summed E-state index contributed by atoms with van der Waals surface area (Å²) in [4.78, 5) is 19.3. The van der Waals surface area contributed by atoms with Crippen molar-refractivity contribution in [2.75, 3.05) is 25.0 Å². The van der Waals surface area contributed by atoms with Gasteiger partial charge in [-0.2, -0.15) is 0 Å². The van der Waals surface area contributed by atoms with Crippen LogP contribution in [0.15, 0.2) is 30.5 Å². The maximum absolute atomic E-state index is 13.4. The minimum Gasteiger partial charge on any atom is -0.396 e. The van der Waals surface area contributed by atoms with E-state index in [1.165, 1.54) is 12.1 Å². The van der Waals surface area contributed by atoms with Gasteiger partial charge in [-0.15, -0.1) is 0 Å². The topological polar surface area (TPSA) is 69.9 Å². The summed E-state index contributed by atoms with van der Waals surface area (Å²) in [5.41, 5.74) is 5.82. The molecule has 0 atom stereocenters. The number of nitrogens with zero attached hydrogens (tertiary/aromatic N) is 3. The Morgan fingerprint density at radius 3 is 2.72 bits per heavy atom. The molecule has 0 saturated carbocycles. The van der Waals surface area contributed by atoms with Gasteiger partial charge in [-0.1, -0.05) is 6.07 Å². The van der Waals surface area contributed by atoms with Gasteiger partial charge in [0.2, 0.25) is 0 Å². The monoisotopic (exact) mass is 396 g/mol. The zero-order valence-corrected chi connectivity index (χ0v) is 16.9. The van der Waals surface area contributed by atoms with Gasteiger partial charge in [0, 0.05) is 44.0 Å². The predicted octanol–water partition coefficient (Wildman–Crippen LogP) is 3.08.